The minimum Gasteiger partial charge on any atom is -0.309 e. The molecule has 0 aliphatic carbocycles. The van der Waals surface area contributed by atoms with Crippen molar-refractivity contribution in [3.8, 4) is 11.3 Å². The van der Waals surface area contributed by atoms with Gasteiger partial charge in [0.05, 0.1) is 11.1 Å². The molecule has 0 fully saturated rings. The molecule has 1 heterocycles. The molecule has 9 heteroatoms. The van der Waals surface area contributed by atoms with Gasteiger partial charge in [0.2, 0.25) is 0 Å². The van der Waals surface area contributed by atoms with Crippen LogP contribution in [0.2, 0.25) is 0 Å². The summed E-state index contributed by atoms with van der Waals surface area (Å²) in [6.45, 7) is 1.92. The van der Waals surface area contributed by atoms with E-state index in [4.69, 9.17) is 0 Å². The summed E-state index contributed by atoms with van der Waals surface area (Å²) in [6, 6.07) is 6.36. The first-order valence-corrected chi connectivity index (χ1v) is 10.1. The van der Waals surface area contributed by atoms with Crippen LogP contribution in [0, 0.1) is 10.1 Å². The van der Waals surface area contributed by atoms with E-state index in [9.17, 15) is 10.1 Å². The Kier molecular flexibility index (Phi) is 7.54. The predicted octanol–water partition coefficient (Wildman–Crippen LogP) is 3.19. The molecule has 1 aromatic heterocycles. The fourth-order valence-corrected chi connectivity index (χ4v) is 4.12. The summed E-state index contributed by atoms with van der Waals surface area (Å²) < 4.78 is 1.82. The monoisotopic (exact) mass is 367 g/mol. The van der Waals surface area contributed by atoms with E-state index in [2.05, 4.69) is 29.3 Å². The zero-order chi connectivity index (χ0) is 17.4. The molecule has 0 atom stereocenters. The number of nitrogens with zero attached hydrogens (tertiary/aromatic N) is 5. The van der Waals surface area contributed by atoms with Gasteiger partial charge in [-0.2, -0.15) is 0 Å². The van der Waals surface area contributed by atoms with Crippen molar-refractivity contribution in [3.05, 3.63) is 40.6 Å². The quantitative estimate of drug-likeness (QED) is 0.276. The highest BCUT2D eigenvalue weighted by molar-refractivity contribution is 8.76. The summed E-state index contributed by atoms with van der Waals surface area (Å²) in [5.41, 5.74) is 1.65. The number of aryl methyl sites for hydroxylation is 1. The van der Waals surface area contributed by atoms with Crippen LogP contribution in [-0.4, -0.2) is 57.0 Å². The third kappa shape index (κ3) is 6.14. The van der Waals surface area contributed by atoms with Crippen molar-refractivity contribution in [2.75, 3.05) is 32.1 Å². The molecular weight excluding hydrogens is 346 g/mol. The summed E-state index contributed by atoms with van der Waals surface area (Å²) in [4.78, 5) is 12.4. The van der Waals surface area contributed by atoms with Gasteiger partial charge in [0.15, 0.2) is 0 Å². The summed E-state index contributed by atoms with van der Waals surface area (Å²) in [7, 11) is 7.95. The van der Waals surface area contributed by atoms with Crippen molar-refractivity contribution in [2.24, 2.45) is 0 Å². The smallest absolute Gasteiger partial charge is 0.269 e. The van der Waals surface area contributed by atoms with Gasteiger partial charge in [-0.1, -0.05) is 26.8 Å². The lowest BCUT2D eigenvalue weighted by atomic mass is 10.1. The molecule has 0 aliphatic rings. The number of hydrogen-bond donors (Lipinski definition) is 0. The number of benzene rings is 1. The van der Waals surface area contributed by atoms with Crippen LogP contribution in [0.15, 0.2) is 30.5 Å². The summed E-state index contributed by atoms with van der Waals surface area (Å²) in [5, 5.41) is 18.9. The van der Waals surface area contributed by atoms with Gasteiger partial charge in [0.1, 0.15) is 5.69 Å². The molecule has 2 rings (SSSR count). The van der Waals surface area contributed by atoms with E-state index in [0.717, 1.165) is 42.3 Å². The molecule has 24 heavy (non-hydrogen) atoms. The molecule has 0 N–H and O–H groups in total. The van der Waals surface area contributed by atoms with Crippen LogP contribution in [0.1, 0.15) is 6.42 Å². The van der Waals surface area contributed by atoms with Crippen molar-refractivity contribution in [2.45, 2.75) is 13.0 Å². The summed E-state index contributed by atoms with van der Waals surface area (Å²) >= 11 is 0. The largest absolute Gasteiger partial charge is 0.309 e. The first-order valence-electron chi connectivity index (χ1n) is 7.60. The topological polar surface area (TPSA) is 77.1 Å². The van der Waals surface area contributed by atoms with E-state index in [-0.39, 0.29) is 5.69 Å². The maximum absolute atomic E-state index is 10.7. The van der Waals surface area contributed by atoms with E-state index in [1.165, 1.54) is 12.1 Å². The molecule has 0 radical (unpaired) electrons. The predicted molar refractivity (Wildman–Crippen MR) is 100 cm³/mol. The van der Waals surface area contributed by atoms with Crippen LogP contribution in [0.3, 0.4) is 0 Å². The zero-order valence-electron chi connectivity index (χ0n) is 13.8. The van der Waals surface area contributed by atoms with Crippen molar-refractivity contribution < 1.29 is 4.92 Å². The second-order valence-electron chi connectivity index (χ2n) is 5.47. The lowest BCUT2D eigenvalue weighted by molar-refractivity contribution is -0.384. The van der Waals surface area contributed by atoms with Crippen molar-refractivity contribution in [1.82, 2.24) is 19.9 Å². The van der Waals surface area contributed by atoms with Crippen LogP contribution in [0.4, 0.5) is 5.69 Å². The van der Waals surface area contributed by atoms with Gasteiger partial charge >= 0.3 is 0 Å². The first kappa shape index (κ1) is 18.8. The summed E-state index contributed by atoms with van der Waals surface area (Å²) in [6.07, 6.45) is 2.91. The molecule has 1 aromatic carbocycles. The molecular formula is C15H21N5O2S2. The van der Waals surface area contributed by atoms with E-state index < -0.39 is 4.92 Å². The highest BCUT2D eigenvalue weighted by atomic mass is 33.1. The Hall–Kier alpha value is -1.58. The molecule has 0 aliphatic heterocycles. The molecule has 2 aromatic rings. The molecule has 0 unspecified atom stereocenters. The third-order valence-electron chi connectivity index (χ3n) is 3.23. The van der Waals surface area contributed by atoms with Gasteiger partial charge in [0, 0.05) is 42.3 Å². The molecule has 0 bridgehead atoms. The number of non-ortho nitro benzene ring substituents is 1. The van der Waals surface area contributed by atoms with Gasteiger partial charge in [-0.3, -0.25) is 14.8 Å². The first-order chi connectivity index (χ1) is 11.6. The van der Waals surface area contributed by atoms with Crippen LogP contribution in [-0.2, 0) is 6.54 Å². The maximum atomic E-state index is 10.7. The number of hydrogen-bond acceptors (Lipinski definition) is 7. The Balaban J connectivity index is 1.74. The zero-order valence-corrected chi connectivity index (χ0v) is 15.4. The van der Waals surface area contributed by atoms with Crippen molar-refractivity contribution in [1.29, 1.82) is 0 Å². The number of rotatable bonds is 10. The average Bonchev–Trinajstić information content (AvgIpc) is 3.02. The van der Waals surface area contributed by atoms with E-state index >= 15 is 0 Å². The number of nitro groups is 1. The van der Waals surface area contributed by atoms with Crippen LogP contribution in [0.5, 0.6) is 0 Å². The molecule has 0 amide bonds. The van der Waals surface area contributed by atoms with Crippen LogP contribution >= 0.6 is 21.6 Å². The highest BCUT2D eigenvalue weighted by Crippen LogP contribution is 2.22. The lowest BCUT2D eigenvalue weighted by Gasteiger charge is -2.07. The Bertz CT molecular complexity index is 646. The Labute approximate surface area is 149 Å². The Morgan fingerprint density at radius 3 is 2.58 bits per heavy atom. The van der Waals surface area contributed by atoms with Gasteiger partial charge in [-0.05, 0) is 32.6 Å². The molecule has 7 nitrogen and oxygen atoms in total. The Morgan fingerprint density at radius 2 is 1.92 bits per heavy atom. The normalized spacial score (nSPS) is 11.1. The van der Waals surface area contributed by atoms with Crippen molar-refractivity contribution in [3.63, 3.8) is 0 Å². The van der Waals surface area contributed by atoms with Crippen molar-refractivity contribution >= 4 is 27.3 Å². The highest BCUT2D eigenvalue weighted by Gasteiger charge is 2.08. The standard InChI is InChI=1S/C15H21N5O2S2/c1-18(2)9-11-24-23-10-3-8-19-12-15(16-17-19)13-4-6-14(7-5-13)20(21)22/h4-7,12H,3,8-11H2,1-2H3. The number of aromatic nitrogens is 3. The molecule has 0 saturated carbocycles. The van der Waals surface area contributed by atoms with Crippen LogP contribution in [0.25, 0.3) is 11.3 Å². The third-order valence-corrected chi connectivity index (χ3v) is 5.70. The Morgan fingerprint density at radius 1 is 1.21 bits per heavy atom. The molecule has 0 spiro atoms. The second-order valence-corrected chi connectivity index (χ2v) is 8.17. The fourth-order valence-electron chi connectivity index (χ4n) is 1.92. The number of nitro benzene ring substituents is 1. The fraction of sp³-hybridized carbons (Fsp3) is 0.467. The minimum absolute atomic E-state index is 0.0786. The van der Waals surface area contributed by atoms with E-state index in [1.807, 2.05) is 32.5 Å². The average molecular weight is 368 g/mol. The summed E-state index contributed by atoms with van der Waals surface area (Å²) in [5.74, 6) is 2.20. The molecule has 0 saturated heterocycles. The maximum Gasteiger partial charge on any atom is 0.269 e. The van der Waals surface area contributed by atoms with Gasteiger partial charge in [0.25, 0.3) is 5.69 Å². The van der Waals surface area contributed by atoms with Gasteiger partial charge in [-0.15, -0.1) is 5.10 Å². The van der Waals surface area contributed by atoms with E-state index in [1.54, 1.807) is 12.1 Å². The van der Waals surface area contributed by atoms with E-state index in [0.29, 0.717) is 0 Å². The second kappa shape index (κ2) is 9.65. The molecule has 130 valence electrons. The SMILES string of the molecule is CN(C)CCSSCCCn1cc(-c2ccc([N+](=O)[O-])cc2)nn1. The van der Waals surface area contributed by atoms with Crippen LogP contribution < -0.4 is 0 Å². The van der Waals surface area contributed by atoms with Gasteiger partial charge < -0.3 is 4.90 Å². The lowest BCUT2D eigenvalue weighted by Crippen LogP contribution is -2.14. The minimum atomic E-state index is -0.408. The van der Waals surface area contributed by atoms with Gasteiger partial charge in [-0.25, -0.2) is 0 Å².